The summed E-state index contributed by atoms with van der Waals surface area (Å²) < 4.78 is 12.7. The van der Waals surface area contributed by atoms with Gasteiger partial charge in [0.25, 0.3) is 0 Å². The van der Waals surface area contributed by atoms with Crippen molar-refractivity contribution in [3.05, 3.63) is 66.4 Å². The standard InChI is InChI=1S/C31H52N2O2S/c1-5-8-11-13-14-15-17-21-28(20-16-12-9-6-2)30-24-26-33(31(30)23-10-7-3)25-19-18-22-29(27-32)35-36-34-4/h6,18,20,22,24,26-27H,2,5,7-17,19,21,23,25,32H2,1,3-4H3/b22-18-,28-20-,29-27+. The Morgan fingerprint density at radius 3 is 2.44 bits per heavy atom. The molecule has 0 unspecified atom stereocenters. The van der Waals surface area contributed by atoms with Crippen LogP contribution in [0, 0.1) is 0 Å². The Bertz CT molecular complexity index is 780. The van der Waals surface area contributed by atoms with Gasteiger partial charge in [-0.25, -0.2) is 0 Å². The molecule has 0 radical (unpaired) electrons. The molecule has 0 amide bonds. The number of allylic oxidation sites excluding steroid dienone is 5. The SMILES string of the molecule is C=CCCC/C=C(/CCCCCCCCC)c1ccn(CC/C=C\C(=C/N)OSOC)c1CCCC. The lowest BCUT2D eigenvalue weighted by atomic mass is 9.95. The molecular weight excluding hydrogens is 464 g/mol. The fourth-order valence-electron chi connectivity index (χ4n) is 4.39. The van der Waals surface area contributed by atoms with Gasteiger partial charge in [0, 0.05) is 24.6 Å². The molecule has 1 aromatic heterocycles. The highest BCUT2D eigenvalue weighted by atomic mass is 32.2. The minimum Gasteiger partial charge on any atom is -0.402 e. The topological polar surface area (TPSA) is 49.4 Å². The van der Waals surface area contributed by atoms with Crippen LogP contribution in [0.15, 0.2) is 55.1 Å². The molecule has 0 aromatic carbocycles. The maximum absolute atomic E-state index is 5.64. The second kappa shape index (κ2) is 22.4. The van der Waals surface area contributed by atoms with Crippen LogP contribution in [0.4, 0.5) is 0 Å². The zero-order valence-corrected chi connectivity index (χ0v) is 24.1. The van der Waals surface area contributed by atoms with E-state index in [0.717, 1.165) is 44.6 Å². The molecule has 0 spiro atoms. The van der Waals surface area contributed by atoms with E-state index in [2.05, 4.69) is 49.4 Å². The summed E-state index contributed by atoms with van der Waals surface area (Å²) in [5.41, 5.74) is 10.1. The van der Waals surface area contributed by atoms with Crippen molar-refractivity contribution in [2.45, 2.75) is 117 Å². The number of nitrogens with two attached hydrogens (primary N) is 1. The van der Waals surface area contributed by atoms with Crippen LogP contribution in [0.1, 0.15) is 115 Å². The third-order valence-electron chi connectivity index (χ3n) is 6.43. The summed E-state index contributed by atoms with van der Waals surface area (Å²) in [7, 11) is 1.57. The monoisotopic (exact) mass is 516 g/mol. The molecule has 2 N–H and O–H groups in total. The molecule has 0 aliphatic carbocycles. The second-order valence-corrected chi connectivity index (χ2v) is 10.0. The molecule has 4 nitrogen and oxygen atoms in total. The largest absolute Gasteiger partial charge is 0.402 e. The highest BCUT2D eigenvalue weighted by Crippen LogP contribution is 2.29. The first-order valence-electron chi connectivity index (χ1n) is 14.2. The predicted molar refractivity (Wildman–Crippen MR) is 159 cm³/mol. The molecule has 204 valence electrons. The van der Waals surface area contributed by atoms with Crippen molar-refractivity contribution >= 4 is 17.9 Å². The summed E-state index contributed by atoms with van der Waals surface area (Å²) in [6.07, 6.45) is 30.8. The zero-order valence-electron chi connectivity index (χ0n) is 23.3. The fraction of sp³-hybridized carbons (Fsp3) is 0.613. The maximum atomic E-state index is 5.64. The smallest absolute Gasteiger partial charge is 0.225 e. The molecule has 0 atom stereocenters. The van der Waals surface area contributed by atoms with Crippen molar-refractivity contribution in [2.75, 3.05) is 7.11 Å². The van der Waals surface area contributed by atoms with Crippen LogP contribution in [0.5, 0.6) is 0 Å². The first-order valence-corrected chi connectivity index (χ1v) is 14.8. The number of unbranched alkanes of at least 4 members (excludes halogenated alkanes) is 9. The normalized spacial score (nSPS) is 12.5. The van der Waals surface area contributed by atoms with E-state index in [1.807, 2.05) is 12.2 Å². The molecule has 0 aliphatic heterocycles. The molecular formula is C31H52N2O2S. The van der Waals surface area contributed by atoms with Crippen LogP contribution >= 0.6 is 12.3 Å². The van der Waals surface area contributed by atoms with Gasteiger partial charge in [-0.15, -0.1) is 6.58 Å². The highest BCUT2D eigenvalue weighted by molar-refractivity contribution is 7.89. The van der Waals surface area contributed by atoms with Gasteiger partial charge in [-0.2, -0.15) is 0 Å². The molecule has 0 saturated carbocycles. The van der Waals surface area contributed by atoms with Gasteiger partial charge in [0.1, 0.15) is 0 Å². The highest BCUT2D eigenvalue weighted by Gasteiger charge is 2.13. The molecule has 0 saturated heterocycles. The average molecular weight is 517 g/mol. The van der Waals surface area contributed by atoms with Crippen molar-refractivity contribution in [3.63, 3.8) is 0 Å². The van der Waals surface area contributed by atoms with E-state index >= 15 is 0 Å². The number of aromatic nitrogens is 1. The van der Waals surface area contributed by atoms with E-state index < -0.39 is 0 Å². The molecule has 1 rings (SSSR count). The van der Waals surface area contributed by atoms with Crippen LogP contribution in [0.25, 0.3) is 5.57 Å². The Morgan fingerprint density at radius 1 is 1.00 bits per heavy atom. The van der Waals surface area contributed by atoms with Gasteiger partial charge in [-0.1, -0.05) is 77.0 Å². The zero-order chi connectivity index (χ0) is 26.3. The van der Waals surface area contributed by atoms with Crippen LogP contribution in [-0.2, 0) is 21.3 Å². The predicted octanol–water partition coefficient (Wildman–Crippen LogP) is 9.68. The van der Waals surface area contributed by atoms with Gasteiger partial charge in [-0.05, 0) is 74.6 Å². The quantitative estimate of drug-likeness (QED) is 0.0517. The summed E-state index contributed by atoms with van der Waals surface area (Å²) in [5.74, 6) is 0.598. The van der Waals surface area contributed by atoms with Crippen LogP contribution < -0.4 is 5.73 Å². The Hall–Kier alpha value is -1.85. The number of hydrogen-bond donors (Lipinski definition) is 1. The van der Waals surface area contributed by atoms with Gasteiger partial charge in [0.2, 0.25) is 12.3 Å². The third-order valence-corrected chi connectivity index (χ3v) is 6.82. The van der Waals surface area contributed by atoms with Crippen LogP contribution in [-0.4, -0.2) is 11.7 Å². The third kappa shape index (κ3) is 14.0. The Labute approximate surface area is 226 Å². The first-order chi connectivity index (χ1) is 17.7. The number of hydrogen-bond acceptors (Lipinski definition) is 4. The van der Waals surface area contributed by atoms with E-state index in [1.165, 1.54) is 88.1 Å². The lowest BCUT2D eigenvalue weighted by Crippen LogP contribution is -2.04. The minimum absolute atomic E-state index is 0.598. The lowest BCUT2D eigenvalue weighted by Gasteiger charge is -2.14. The summed E-state index contributed by atoms with van der Waals surface area (Å²) in [4.78, 5) is 0. The Kier molecular flexibility index (Phi) is 20.0. The molecule has 1 aromatic rings. The average Bonchev–Trinajstić information content (AvgIpc) is 3.29. The Morgan fingerprint density at radius 2 is 1.75 bits per heavy atom. The van der Waals surface area contributed by atoms with Crippen molar-refractivity contribution in [1.29, 1.82) is 0 Å². The molecule has 1 heterocycles. The van der Waals surface area contributed by atoms with E-state index in [-0.39, 0.29) is 0 Å². The first kappa shape index (κ1) is 32.2. The number of nitrogens with zero attached hydrogens (tertiary/aromatic N) is 1. The van der Waals surface area contributed by atoms with Gasteiger partial charge in [-0.3, -0.25) is 4.18 Å². The van der Waals surface area contributed by atoms with Crippen molar-refractivity contribution in [3.8, 4) is 0 Å². The van der Waals surface area contributed by atoms with Gasteiger partial charge in [0.05, 0.1) is 7.11 Å². The fourth-order valence-corrected chi connectivity index (χ4v) is 4.64. The Balaban J connectivity index is 2.90. The molecule has 36 heavy (non-hydrogen) atoms. The summed E-state index contributed by atoms with van der Waals surface area (Å²) >= 11 is 0.919. The minimum atomic E-state index is 0.598. The molecule has 0 aliphatic rings. The summed E-state index contributed by atoms with van der Waals surface area (Å²) in [6, 6.07) is 2.36. The second-order valence-electron chi connectivity index (χ2n) is 9.37. The van der Waals surface area contributed by atoms with Crippen molar-refractivity contribution in [2.24, 2.45) is 5.73 Å². The van der Waals surface area contributed by atoms with Gasteiger partial charge < -0.3 is 14.5 Å². The van der Waals surface area contributed by atoms with Crippen LogP contribution in [0.2, 0.25) is 0 Å². The number of rotatable bonds is 23. The molecule has 0 bridgehead atoms. The summed E-state index contributed by atoms with van der Waals surface area (Å²) in [6.45, 7) is 9.40. The van der Waals surface area contributed by atoms with E-state index in [9.17, 15) is 0 Å². The summed E-state index contributed by atoms with van der Waals surface area (Å²) in [5, 5.41) is 0. The number of aryl methyl sites for hydroxylation is 1. The van der Waals surface area contributed by atoms with E-state index in [0.29, 0.717) is 5.76 Å². The maximum Gasteiger partial charge on any atom is 0.225 e. The molecule has 0 fully saturated rings. The van der Waals surface area contributed by atoms with E-state index in [1.54, 1.807) is 12.7 Å². The van der Waals surface area contributed by atoms with Crippen molar-refractivity contribution < 1.29 is 8.37 Å². The van der Waals surface area contributed by atoms with Crippen molar-refractivity contribution in [1.82, 2.24) is 4.57 Å². The lowest BCUT2D eigenvalue weighted by molar-refractivity contribution is 0.400. The van der Waals surface area contributed by atoms with Gasteiger partial charge >= 0.3 is 0 Å². The molecule has 5 heteroatoms. The van der Waals surface area contributed by atoms with E-state index in [4.69, 9.17) is 14.1 Å². The van der Waals surface area contributed by atoms with Crippen LogP contribution in [0.3, 0.4) is 0 Å². The van der Waals surface area contributed by atoms with Gasteiger partial charge in [0.15, 0.2) is 5.76 Å².